The maximum absolute atomic E-state index is 2.43. The van der Waals surface area contributed by atoms with Gasteiger partial charge in [-0.15, -0.1) is 0 Å². The third-order valence-corrected chi connectivity index (χ3v) is 13.0. The molecule has 0 bridgehead atoms. The summed E-state index contributed by atoms with van der Waals surface area (Å²) in [6.07, 6.45) is 0. The molecular weight excluding hydrogens is 729 g/mol. The summed E-state index contributed by atoms with van der Waals surface area (Å²) in [5, 5.41) is 10.7. The lowest BCUT2D eigenvalue weighted by Gasteiger charge is -2.07. The summed E-state index contributed by atoms with van der Waals surface area (Å²) in [5.74, 6) is 0. The maximum atomic E-state index is 2.43. The zero-order valence-corrected chi connectivity index (χ0v) is 34.8. The van der Waals surface area contributed by atoms with Crippen LogP contribution in [0.15, 0.2) is 170 Å². The molecule has 60 heavy (non-hydrogen) atoms. The zero-order chi connectivity index (χ0) is 40.5. The normalized spacial score (nSPS) is 11.9. The Labute approximate surface area is 350 Å². The lowest BCUT2D eigenvalue weighted by Crippen LogP contribution is -1.93. The van der Waals surface area contributed by atoms with Gasteiger partial charge in [-0.25, -0.2) is 0 Å². The molecule has 4 aromatic heterocycles. The summed E-state index contributed by atoms with van der Waals surface area (Å²) in [5.41, 5.74) is 15.6. The zero-order valence-electron chi connectivity index (χ0n) is 34.8. The highest BCUT2D eigenvalue weighted by molar-refractivity contribution is 6.13. The summed E-state index contributed by atoms with van der Waals surface area (Å²) < 4.78 is 9.67. The monoisotopic (exact) mass is 776 g/mol. The molecule has 0 aliphatic carbocycles. The molecule has 4 heteroatoms. The Hall–Kier alpha value is -7.04. The van der Waals surface area contributed by atoms with E-state index in [4.69, 9.17) is 0 Å². The van der Waals surface area contributed by atoms with Crippen LogP contribution in [0.1, 0.15) is 27.7 Å². The van der Waals surface area contributed by atoms with Crippen LogP contribution in [0.5, 0.6) is 0 Å². The molecule has 0 aliphatic heterocycles. The predicted molar refractivity (Wildman–Crippen MR) is 258 cm³/mol. The minimum absolute atomic E-state index is 0.969. The Morgan fingerprint density at radius 3 is 0.833 bits per heavy atom. The molecule has 0 aliphatic rings. The second-order valence-electron chi connectivity index (χ2n) is 16.0. The molecule has 0 spiro atoms. The van der Waals surface area contributed by atoms with Crippen LogP contribution in [0, 0.1) is 0 Å². The van der Waals surface area contributed by atoms with Crippen LogP contribution in [0.4, 0.5) is 0 Å². The summed E-state index contributed by atoms with van der Waals surface area (Å²) in [6.45, 7) is 12.8. The SMILES string of the molecule is CCn1c2ccccc2c2cc(-c3ccc4c5ccccc5n(CC)c4c3)ccc21.CCn1c2ccccc2c2cc(-c3ccc4c5ccccc5n(CC)c4c3)ccc21. The molecule has 0 N–H and O–H groups in total. The lowest BCUT2D eigenvalue weighted by atomic mass is 10.0. The van der Waals surface area contributed by atoms with Crippen molar-refractivity contribution in [2.45, 2.75) is 53.9 Å². The first-order chi connectivity index (χ1) is 29.6. The smallest absolute Gasteiger partial charge is 0.0497 e. The molecule has 0 saturated heterocycles. The van der Waals surface area contributed by atoms with Gasteiger partial charge in [0.1, 0.15) is 0 Å². The Balaban J connectivity index is 0.000000136. The second-order valence-corrected chi connectivity index (χ2v) is 16.0. The van der Waals surface area contributed by atoms with E-state index in [0.717, 1.165) is 26.2 Å². The summed E-state index contributed by atoms with van der Waals surface area (Å²) in [4.78, 5) is 0. The van der Waals surface area contributed by atoms with Gasteiger partial charge in [-0.05, 0) is 111 Å². The molecule has 0 amide bonds. The maximum Gasteiger partial charge on any atom is 0.0497 e. The minimum atomic E-state index is 0.969. The van der Waals surface area contributed by atoms with Gasteiger partial charge in [0, 0.05) is 113 Å². The highest BCUT2D eigenvalue weighted by Gasteiger charge is 2.15. The number of fused-ring (bicyclic) bond motifs is 12. The fraction of sp³-hybridized carbons (Fsp3) is 0.143. The lowest BCUT2D eigenvalue weighted by molar-refractivity contribution is 0.827. The first-order valence-corrected chi connectivity index (χ1v) is 21.6. The summed E-state index contributed by atoms with van der Waals surface area (Å²) in [6, 6.07) is 62.6. The second kappa shape index (κ2) is 14.4. The third kappa shape index (κ3) is 5.44. The van der Waals surface area contributed by atoms with E-state index < -0.39 is 0 Å². The van der Waals surface area contributed by atoms with Crippen molar-refractivity contribution in [1.29, 1.82) is 0 Å². The molecule has 0 radical (unpaired) electrons. The molecule has 0 atom stereocenters. The Kier molecular flexibility index (Phi) is 8.63. The van der Waals surface area contributed by atoms with E-state index in [2.05, 4.69) is 216 Å². The quantitative estimate of drug-likeness (QED) is 0.160. The largest absolute Gasteiger partial charge is 0.341 e. The molecule has 0 unspecified atom stereocenters. The highest BCUT2D eigenvalue weighted by atomic mass is 15.0. The van der Waals surface area contributed by atoms with Crippen LogP contribution in [-0.4, -0.2) is 18.3 Å². The molecule has 12 rings (SSSR count). The van der Waals surface area contributed by atoms with Crippen molar-refractivity contribution in [3.8, 4) is 22.3 Å². The van der Waals surface area contributed by atoms with Gasteiger partial charge >= 0.3 is 0 Å². The molecule has 4 heterocycles. The van der Waals surface area contributed by atoms with Crippen LogP contribution in [0.2, 0.25) is 0 Å². The fourth-order valence-electron chi connectivity index (χ4n) is 10.3. The minimum Gasteiger partial charge on any atom is -0.341 e. The topological polar surface area (TPSA) is 19.7 Å². The number of hydrogen-bond donors (Lipinski definition) is 0. The molecule has 12 aromatic rings. The van der Waals surface area contributed by atoms with Crippen molar-refractivity contribution in [2.75, 3.05) is 0 Å². The Bertz CT molecular complexity index is 3360. The van der Waals surface area contributed by atoms with Crippen LogP contribution in [-0.2, 0) is 26.2 Å². The highest BCUT2D eigenvalue weighted by Crippen LogP contribution is 2.38. The van der Waals surface area contributed by atoms with Gasteiger partial charge in [0.15, 0.2) is 0 Å². The van der Waals surface area contributed by atoms with Crippen molar-refractivity contribution in [3.05, 3.63) is 170 Å². The Morgan fingerprint density at radius 2 is 0.483 bits per heavy atom. The van der Waals surface area contributed by atoms with Crippen LogP contribution < -0.4 is 0 Å². The van der Waals surface area contributed by atoms with Crippen LogP contribution >= 0.6 is 0 Å². The van der Waals surface area contributed by atoms with Crippen molar-refractivity contribution in [2.24, 2.45) is 0 Å². The first kappa shape index (κ1) is 36.1. The van der Waals surface area contributed by atoms with E-state index in [1.165, 1.54) is 109 Å². The number of rotatable bonds is 6. The average Bonchev–Trinajstić information content (AvgIpc) is 4.02. The van der Waals surface area contributed by atoms with Crippen LogP contribution in [0.25, 0.3) is 109 Å². The molecule has 0 fully saturated rings. The number of hydrogen-bond acceptors (Lipinski definition) is 0. The van der Waals surface area contributed by atoms with E-state index in [-0.39, 0.29) is 0 Å². The molecule has 8 aromatic carbocycles. The summed E-state index contributed by atoms with van der Waals surface area (Å²) >= 11 is 0. The van der Waals surface area contributed by atoms with Gasteiger partial charge in [-0.2, -0.15) is 0 Å². The predicted octanol–water partition coefficient (Wildman–Crippen LogP) is 15.2. The fourth-order valence-corrected chi connectivity index (χ4v) is 10.3. The van der Waals surface area contributed by atoms with Gasteiger partial charge in [0.2, 0.25) is 0 Å². The molecule has 4 nitrogen and oxygen atoms in total. The van der Waals surface area contributed by atoms with Gasteiger partial charge in [0.25, 0.3) is 0 Å². The Morgan fingerprint density at radius 1 is 0.233 bits per heavy atom. The molecular formula is C56H48N4. The van der Waals surface area contributed by atoms with E-state index in [9.17, 15) is 0 Å². The van der Waals surface area contributed by atoms with E-state index >= 15 is 0 Å². The van der Waals surface area contributed by atoms with Crippen molar-refractivity contribution < 1.29 is 0 Å². The van der Waals surface area contributed by atoms with Crippen molar-refractivity contribution in [3.63, 3.8) is 0 Å². The van der Waals surface area contributed by atoms with E-state index in [0.29, 0.717) is 0 Å². The first-order valence-electron chi connectivity index (χ1n) is 21.6. The van der Waals surface area contributed by atoms with E-state index in [1.807, 2.05) is 0 Å². The van der Waals surface area contributed by atoms with E-state index in [1.54, 1.807) is 0 Å². The number of aromatic nitrogens is 4. The number of para-hydroxylation sites is 4. The van der Waals surface area contributed by atoms with Crippen LogP contribution in [0.3, 0.4) is 0 Å². The molecule has 0 saturated carbocycles. The number of nitrogens with zero attached hydrogens (tertiary/aromatic N) is 4. The summed E-state index contributed by atoms with van der Waals surface area (Å²) in [7, 11) is 0. The third-order valence-electron chi connectivity index (χ3n) is 13.0. The molecule has 292 valence electrons. The van der Waals surface area contributed by atoms with Crippen molar-refractivity contribution >= 4 is 87.2 Å². The number of aryl methyl sites for hydroxylation is 4. The standard InChI is InChI=1S/2C28H24N2/c2*1-3-29-26-12-8-6-10-22(26)24-17-19(14-16-27(24)29)20-13-15-23-21-9-5-7-11-25(21)30(4-2)28(23)18-20/h2*5-18H,3-4H2,1-2H3. The van der Waals surface area contributed by atoms with Gasteiger partial charge in [-0.1, -0.05) is 109 Å². The van der Waals surface area contributed by atoms with Crippen molar-refractivity contribution in [1.82, 2.24) is 18.3 Å². The number of benzene rings is 8. The van der Waals surface area contributed by atoms with Gasteiger partial charge < -0.3 is 18.3 Å². The van der Waals surface area contributed by atoms with Gasteiger partial charge in [0.05, 0.1) is 0 Å². The average molecular weight is 777 g/mol. The van der Waals surface area contributed by atoms with Gasteiger partial charge in [-0.3, -0.25) is 0 Å².